The third-order valence-corrected chi connectivity index (χ3v) is 3.83. The molecule has 3 N–H and O–H groups in total. The Morgan fingerprint density at radius 3 is 2.65 bits per heavy atom. The highest BCUT2D eigenvalue weighted by molar-refractivity contribution is 6.30. The van der Waals surface area contributed by atoms with Gasteiger partial charge < -0.3 is 11.1 Å². The molecule has 0 fully saturated rings. The molecule has 0 aliphatic carbocycles. The van der Waals surface area contributed by atoms with Gasteiger partial charge in [-0.05, 0) is 17.9 Å². The van der Waals surface area contributed by atoms with E-state index in [1.54, 1.807) is 0 Å². The minimum atomic E-state index is -0.647. The molecule has 0 atom stereocenters. The number of nitrogens with one attached hydrogen (secondary N) is 1. The summed E-state index contributed by atoms with van der Waals surface area (Å²) in [7, 11) is 0. The molecule has 0 saturated carbocycles. The van der Waals surface area contributed by atoms with Crippen LogP contribution >= 0.6 is 11.6 Å². The van der Waals surface area contributed by atoms with E-state index in [4.69, 9.17) is 17.3 Å². The Bertz CT molecular complexity index is 890. The number of carbonyl (C=O) groups excluding carboxylic acids is 1. The number of nitrogens with zero attached hydrogens (tertiary/aromatic N) is 2. The van der Waals surface area contributed by atoms with Gasteiger partial charge in [0.15, 0.2) is 16.7 Å². The molecule has 0 spiro atoms. The fourth-order valence-electron chi connectivity index (χ4n) is 2.40. The first-order chi connectivity index (χ1) is 11.1. The van der Waals surface area contributed by atoms with Gasteiger partial charge >= 0.3 is 0 Å². The normalized spacial score (nSPS) is 10.7. The molecule has 6 heteroatoms. The van der Waals surface area contributed by atoms with Crippen molar-refractivity contribution in [2.24, 2.45) is 5.73 Å². The lowest BCUT2D eigenvalue weighted by molar-refractivity contribution is 0.0996. The predicted octanol–water partition coefficient (Wildman–Crippen LogP) is 3.69. The van der Waals surface area contributed by atoms with Crippen molar-refractivity contribution in [1.29, 1.82) is 0 Å². The summed E-state index contributed by atoms with van der Waals surface area (Å²) >= 11 is 6.12. The van der Waals surface area contributed by atoms with Gasteiger partial charge in [-0.3, -0.25) is 4.79 Å². The number of hydrogen-bond donors (Lipinski definition) is 2. The standard InChI is InChI=1S/C17H15ClN4O/c1-2-12-15(18)22-17(14(20-12)16(19)23)21-13-9-5-7-10-6-3-4-8-11(10)13/h3-9H,2H2,1H3,(H2,19,23)(H,21,22). The van der Waals surface area contributed by atoms with Gasteiger partial charge in [0.1, 0.15) is 0 Å². The molecule has 23 heavy (non-hydrogen) atoms. The quantitative estimate of drug-likeness (QED) is 0.766. The lowest BCUT2D eigenvalue weighted by Gasteiger charge is -2.12. The average molecular weight is 327 g/mol. The Kier molecular flexibility index (Phi) is 4.12. The highest BCUT2D eigenvalue weighted by Crippen LogP contribution is 2.28. The van der Waals surface area contributed by atoms with Gasteiger partial charge in [0.05, 0.1) is 5.69 Å². The number of carbonyl (C=O) groups is 1. The lowest BCUT2D eigenvalue weighted by Crippen LogP contribution is -2.18. The van der Waals surface area contributed by atoms with Gasteiger partial charge in [0.25, 0.3) is 5.91 Å². The van der Waals surface area contributed by atoms with Crippen molar-refractivity contribution in [1.82, 2.24) is 9.97 Å². The van der Waals surface area contributed by atoms with E-state index in [1.165, 1.54) is 0 Å². The van der Waals surface area contributed by atoms with Crippen LogP contribution in [0.3, 0.4) is 0 Å². The Morgan fingerprint density at radius 2 is 1.91 bits per heavy atom. The number of benzene rings is 2. The first-order valence-electron chi connectivity index (χ1n) is 7.21. The SMILES string of the molecule is CCc1nc(C(N)=O)c(Nc2cccc3ccccc23)nc1Cl. The smallest absolute Gasteiger partial charge is 0.271 e. The van der Waals surface area contributed by atoms with Crippen LogP contribution in [-0.2, 0) is 6.42 Å². The van der Waals surface area contributed by atoms with Crippen LogP contribution in [-0.4, -0.2) is 15.9 Å². The number of anilines is 2. The van der Waals surface area contributed by atoms with Crippen molar-refractivity contribution in [3.05, 3.63) is 59.0 Å². The van der Waals surface area contributed by atoms with E-state index >= 15 is 0 Å². The molecule has 0 aliphatic rings. The Morgan fingerprint density at radius 1 is 1.17 bits per heavy atom. The fraction of sp³-hybridized carbons (Fsp3) is 0.118. The molecule has 2 aromatic carbocycles. The first-order valence-corrected chi connectivity index (χ1v) is 7.59. The number of halogens is 1. The van der Waals surface area contributed by atoms with Gasteiger partial charge in [-0.15, -0.1) is 0 Å². The van der Waals surface area contributed by atoms with E-state index in [0.717, 1.165) is 16.5 Å². The molecule has 116 valence electrons. The van der Waals surface area contributed by atoms with Crippen LogP contribution in [0, 0.1) is 0 Å². The second-order valence-corrected chi connectivity index (χ2v) is 5.39. The van der Waals surface area contributed by atoms with E-state index in [2.05, 4.69) is 15.3 Å². The van der Waals surface area contributed by atoms with Crippen LogP contribution < -0.4 is 11.1 Å². The summed E-state index contributed by atoms with van der Waals surface area (Å²) in [5.41, 5.74) is 6.86. The summed E-state index contributed by atoms with van der Waals surface area (Å²) in [6.07, 6.45) is 0.570. The van der Waals surface area contributed by atoms with Crippen molar-refractivity contribution in [3.63, 3.8) is 0 Å². The van der Waals surface area contributed by atoms with Crippen LogP contribution in [0.15, 0.2) is 42.5 Å². The summed E-state index contributed by atoms with van der Waals surface area (Å²) < 4.78 is 0. The van der Waals surface area contributed by atoms with Gasteiger partial charge in [0.2, 0.25) is 0 Å². The Balaban J connectivity index is 2.11. The number of fused-ring (bicyclic) bond motifs is 1. The summed E-state index contributed by atoms with van der Waals surface area (Å²) in [5.74, 6) is -0.386. The second-order valence-electron chi connectivity index (χ2n) is 5.03. The highest BCUT2D eigenvalue weighted by Gasteiger charge is 2.16. The van der Waals surface area contributed by atoms with E-state index in [-0.39, 0.29) is 16.7 Å². The summed E-state index contributed by atoms with van der Waals surface area (Å²) in [4.78, 5) is 20.2. The zero-order valence-electron chi connectivity index (χ0n) is 12.5. The monoisotopic (exact) mass is 326 g/mol. The first kappa shape index (κ1) is 15.2. The van der Waals surface area contributed by atoms with E-state index in [1.807, 2.05) is 49.4 Å². The number of nitrogens with two attached hydrogens (primary N) is 1. The molecule has 0 radical (unpaired) electrons. The third-order valence-electron chi connectivity index (χ3n) is 3.53. The molecule has 3 rings (SSSR count). The van der Waals surface area contributed by atoms with E-state index < -0.39 is 5.91 Å². The zero-order chi connectivity index (χ0) is 16.4. The van der Waals surface area contributed by atoms with Crippen LogP contribution in [0.1, 0.15) is 23.1 Å². The van der Waals surface area contributed by atoms with Crippen LogP contribution in [0.4, 0.5) is 11.5 Å². The minimum absolute atomic E-state index is 0.0826. The summed E-state index contributed by atoms with van der Waals surface area (Å²) in [6, 6.07) is 13.7. The maximum absolute atomic E-state index is 11.7. The molecule has 0 bridgehead atoms. The molecular weight excluding hydrogens is 312 g/mol. The maximum Gasteiger partial charge on any atom is 0.271 e. The van der Waals surface area contributed by atoms with E-state index in [0.29, 0.717) is 12.1 Å². The van der Waals surface area contributed by atoms with Crippen LogP contribution in [0.2, 0.25) is 5.15 Å². The van der Waals surface area contributed by atoms with Gasteiger partial charge in [-0.2, -0.15) is 0 Å². The molecule has 1 aromatic heterocycles. The van der Waals surface area contributed by atoms with Crippen molar-refractivity contribution in [2.75, 3.05) is 5.32 Å². The van der Waals surface area contributed by atoms with Crippen LogP contribution in [0.25, 0.3) is 10.8 Å². The third kappa shape index (κ3) is 2.96. The van der Waals surface area contributed by atoms with Crippen molar-refractivity contribution >= 4 is 39.8 Å². The van der Waals surface area contributed by atoms with Crippen molar-refractivity contribution in [3.8, 4) is 0 Å². The number of hydrogen-bond acceptors (Lipinski definition) is 4. The number of aromatic nitrogens is 2. The second kappa shape index (κ2) is 6.22. The van der Waals surface area contributed by atoms with Crippen molar-refractivity contribution < 1.29 is 4.79 Å². The topological polar surface area (TPSA) is 80.9 Å². The highest BCUT2D eigenvalue weighted by atomic mass is 35.5. The summed E-state index contributed by atoms with van der Waals surface area (Å²) in [6.45, 7) is 1.89. The Labute approximate surface area is 138 Å². The molecule has 3 aromatic rings. The van der Waals surface area contributed by atoms with Gasteiger partial charge in [-0.1, -0.05) is 54.9 Å². The molecule has 0 unspecified atom stereocenters. The maximum atomic E-state index is 11.7. The largest absolute Gasteiger partial charge is 0.364 e. The van der Waals surface area contributed by atoms with Crippen molar-refractivity contribution in [2.45, 2.75) is 13.3 Å². The minimum Gasteiger partial charge on any atom is -0.364 e. The van der Waals surface area contributed by atoms with Gasteiger partial charge in [-0.25, -0.2) is 9.97 Å². The number of rotatable bonds is 4. The number of amides is 1. The fourth-order valence-corrected chi connectivity index (χ4v) is 2.66. The van der Waals surface area contributed by atoms with Crippen LogP contribution in [0.5, 0.6) is 0 Å². The lowest BCUT2D eigenvalue weighted by atomic mass is 10.1. The average Bonchev–Trinajstić information content (AvgIpc) is 2.55. The molecular formula is C17H15ClN4O. The predicted molar refractivity (Wildman–Crippen MR) is 92.2 cm³/mol. The number of primary amides is 1. The molecule has 1 heterocycles. The Hall–Kier alpha value is -2.66. The number of aryl methyl sites for hydroxylation is 1. The van der Waals surface area contributed by atoms with Gasteiger partial charge in [0, 0.05) is 11.1 Å². The molecule has 1 amide bonds. The molecule has 0 aliphatic heterocycles. The zero-order valence-corrected chi connectivity index (χ0v) is 13.3. The molecule has 5 nitrogen and oxygen atoms in total. The summed E-state index contributed by atoms with van der Waals surface area (Å²) in [5, 5.41) is 5.47. The van der Waals surface area contributed by atoms with E-state index in [9.17, 15) is 4.79 Å². The molecule has 0 saturated heterocycles.